The molecule has 0 atom stereocenters. The fraction of sp³-hybridized carbons (Fsp3) is 0.200. The molecule has 0 aliphatic heterocycles. The third kappa shape index (κ3) is 3.26. The van der Waals surface area contributed by atoms with Gasteiger partial charge in [0, 0.05) is 14.0 Å². The molecule has 4 heteroatoms. The summed E-state index contributed by atoms with van der Waals surface area (Å²) >= 11 is 0. The molecule has 0 radical (unpaired) electrons. The van der Waals surface area contributed by atoms with Crippen molar-refractivity contribution in [3.05, 3.63) is 29.8 Å². The predicted molar refractivity (Wildman–Crippen MR) is 54.4 cm³/mol. The van der Waals surface area contributed by atoms with Gasteiger partial charge in [0.15, 0.2) is 0 Å². The second-order valence-corrected chi connectivity index (χ2v) is 2.64. The van der Waals surface area contributed by atoms with E-state index in [0.29, 0.717) is 5.75 Å². The molecule has 0 spiro atoms. The van der Waals surface area contributed by atoms with Gasteiger partial charge in [0.05, 0.1) is 6.21 Å². The van der Waals surface area contributed by atoms with Gasteiger partial charge in [-0.2, -0.15) is 5.10 Å². The summed E-state index contributed by atoms with van der Waals surface area (Å²) in [7, 11) is 1.73. The van der Waals surface area contributed by atoms with Gasteiger partial charge in [-0.05, 0) is 29.8 Å². The second kappa shape index (κ2) is 5.01. The Bertz CT molecular complexity index is 330. The Morgan fingerprint density at radius 1 is 1.43 bits per heavy atom. The number of nitrogens with one attached hydrogen (secondary N) is 1. The average molecular weight is 192 g/mol. The summed E-state index contributed by atoms with van der Waals surface area (Å²) in [5.74, 6) is 0.223. The van der Waals surface area contributed by atoms with Crippen LogP contribution in [0.15, 0.2) is 29.4 Å². The van der Waals surface area contributed by atoms with Crippen LogP contribution in [0.5, 0.6) is 5.75 Å². The second-order valence-electron chi connectivity index (χ2n) is 2.64. The van der Waals surface area contributed by atoms with Gasteiger partial charge >= 0.3 is 5.97 Å². The number of hydrogen-bond acceptors (Lipinski definition) is 4. The van der Waals surface area contributed by atoms with Crippen LogP contribution in [-0.2, 0) is 4.79 Å². The standard InChI is InChI=1S/C10H12N2O2/c1-8(13)14-10-5-3-9(4-6-10)7-12-11-2/h3-7,11H,1-2H3/b12-7+. The highest BCUT2D eigenvalue weighted by Crippen LogP contribution is 2.10. The molecule has 0 saturated heterocycles. The molecule has 0 unspecified atom stereocenters. The Kier molecular flexibility index (Phi) is 3.67. The monoisotopic (exact) mass is 192 g/mol. The lowest BCUT2D eigenvalue weighted by atomic mass is 10.2. The number of hydrazone groups is 1. The summed E-state index contributed by atoms with van der Waals surface area (Å²) in [6.07, 6.45) is 1.68. The van der Waals surface area contributed by atoms with Crippen molar-refractivity contribution in [2.75, 3.05) is 7.05 Å². The minimum absolute atomic E-state index is 0.318. The van der Waals surface area contributed by atoms with Crippen LogP contribution in [-0.4, -0.2) is 19.2 Å². The maximum atomic E-state index is 10.6. The van der Waals surface area contributed by atoms with Gasteiger partial charge in [0.25, 0.3) is 0 Å². The van der Waals surface area contributed by atoms with Gasteiger partial charge in [-0.25, -0.2) is 0 Å². The first-order valence-electron chi connectivity index (χ1n) is 4.20. The van der Waals surface area contributed by atoms with Gasteiger partial charge in [0.2, 0.25) is 0 Å². The van der Waals surface area contributed by atoms with E-state index in [4.69, 9.17) is 4.74 Å². The van der Waals surface area contributed by atoms with Crippen LogP contribution in [0.1, 0.15) is 12.5 Å². The van der Waals surface area contributed by atoms with Crippen LogP contribution >= 0.6 is 0 Å². The number of esters is 1. The summed E-state index contributed by atoms with van der Waals surface area (Å²) in [6, 6.07) is 7.08. The van der Waals surface area contributed by atoms with E-state index in [1.807, 2.05) is 12.1 Å². The zero-order valence-corrected chi connectivity index (χ0v) is 8.15. The van der Waals surface area contributed by atoms with Crippen molar-refractivity contribution < 1.29 is 9.53 Å². The largest absolute Gasteiger partial charge is 0.427 e. The van der Waals surface area contributed by atoms with E-state index >= 15 is 0 Å². The molecule has 0 aliphatic rings. The molecule has 0 bridgehead atoms. The quantitative estimate of drug-likeness (QED) is 0.338. The van der Waals surface area contributed by atoms with Crippen molar-refractivity contribution >= 4 is 12.2 Å². The predicted octanol–water partition coefficient (Wildman–Crippen LogP) is 1.17. The molecule has 1 aromatic carbocycles. The minimum atomic E-state index is -0.318. The smallest absolute Gasteiger partial charge is 0.308 e. The van der Waals surface area contributed by atoms with Gasteiger partial charge in [0.1, 0.15) is 5.75 Å². The number of carbonyl (C=O) groups is 1. The Balaban J connectivity index is 2.68. The zero-order chi connectivity index (χ0) is 10.4. The third-order valence-electron chi connectivity index (χ3n) is 1.48. The van der Waals surface area contributed by atoms with Gasteiger partial charge < -0.3 is 10.2 Å². The molecular formula is C10H12N2O2. The molecule has 0 amide bonds. The number of benzene rings is 1. The highest BCUT2D eigenvalue weighted by molar-refractivity contribution is 5.79. The number of hydrogen-bond donors (Lipinski definition) is 1. The summed E-state index contributed by atoms with van der Waals surface area (Å²) in [5.41, 5.74) is 3.59. The van der Waals surface area contributed by atoms with E-state index < -0.39 is 0 Å². The van der Waals surface area contributed by atoms with Crippen molar-refractivity contribution in [1.29, 1.82) is 0 Å². The molecule has 0 aromatic heterocycles. The molecule has 1 N–H and O–H groups in total. The lowest BCUT2D eigenvalue weighted by Gasteiger charge is -2.00. The lowest BCUT2D eigenvalue weighted by Crippen LogP contribution is -2.01. The van der Waals surface area contributed by atoms with Crippen molar-refractivity contribution in [1.82, 2.24) is 5.43 Å². The number of nitrogens with zero attached hydrogens (tertiary/aromatic N) is 1. The fourth-order valence-corrected chi connectivity index (χ4v) is 0.927. The Hall–Kier alpha value is -1.84. The van der Waals surface area contributed by atoms with Gasteiger partial charge in [-0.15, -0.1) is 0 Å². The molecule has 1 rings (SSSR count). The van der Waals surface area contributed by atoms with Crippen molar-refractivity contribution in [2.45, 2.75) is 6.92 Å². The van der Waals surface area contributed by atoms with E-state index in [9.17, 15) is 4.79 Å². The van der Waals surface area contributed by atoms with Crippen molar-refractivity contribution in [3.8, 4) is 5.75 Å². The Morgan fingerprint density at radius 3 is 2.57 bits per heavy atom. The summed E-state index contributed by atoms with van der Waals surface area (Å²) in [4.78, 5) is 10.6. The highest BCUT2D eigenvalue weighted by atomic mass is 16.5. The van der Waals surface area contributed by atoms with E-state index in [0.717, 1.165) is 5.56 Å². The number of carbonyl (C=O) groups excluding carboxylic acids is 1. The average Bonchev–Trinajstić information content (AvgIpc) is 2.16. The first-order valence-corrected chi connectivity index (χ1v) is 4.20. The third-order valence-corrected chi connectivity index (χ3v) is 1.48. The van der Waals surface area contributed by atoms with Crippen molar-refractivity contribution in [3.63, 3.8) is 0 Å². The normalized spacial score (nSPS) is 10.1. The molecule has 1 aromatic rings. The molecule has 0 saturated carbocycles. The summed E-state index contributed by atoms with van der Waals surface area (Å²) in [5, 5.41) is 3.85. The molecule has 0 fully saturated rings. The van der Waals surface area contributed by atoms with Crippen LogP contribution < -0.4 is 10.2 Å². The van der Waals surface area contributed by atoms with E-state index in [-0.39, 0.29) is 5.97 Å². The number of rotatable bonds is 3. The topological polar surface area (TPSA) is 50.7 Å². The van der Waals surface area contributed by atoms with Crippen LogP contribution in [0.4, 0.5) is 0 Å². The van der Waals surface area contributed by atoms with E-state index in [2.05, 4.69) is 10.5 Å². The molecule has 0 aliphatic carbocycles. The molecular weight excluding hydrogens is 180 g/mol. The van der Waals surface area contributed by atoms with E-state index in [1.165, 1.54) is 6.92 Å². The van der Waals surface area contributed by atoms with Gasteiger partial charge in [-0.1, -0.05) is 0 Å². The highest BCUT2D eigenvalue weighted by Gasteiger charge is 1.96. The molecule has 74 valence electrons. The zero-order valence-electron chi connectivity index (χ0n) is 8.15. The SMILES string of the molecule is CN/N=C/c1ccc(OC(C)=O)cc1. The van der Waals surface area contributed by atoms with Crippen molar-refractivity contribution in [2.24, 2.45) is 5.10 Å². The maximum absolute atomic E-state index is 10.6. The van der Waals surface area contributed by atoms with Gasteiger partial charge in [-0.3, -0.25) is 4.79 Å². The lowest BCUT2D eigenvalue weighted by molar-refractivity contribution is -0.131. The number of ether oxygens (including phenoxy) is 1. The Labute approximate surface area is 82.6 Å². The van der Waals surface area contributed by atoms with Crippen LogP contribution in [0.2, 0.25) is 0 Å². The molecule has 14 heavy (non-hydrogen) atoms. The fourth-order valence-electron chi connectivity index (χ4n) is 0.927. The first-order chi connectivity index (χ1) is 6.72. The van der Waals surface area contributed by atoms with E-state index in [1.54, 1.807) is 25.4 Å². The maximum Gasteiger partial charge on any atom is 0.308 e. The molecule has 4 nitrogen and oxygen atoms in total. The Morgan fingerprint density at radius 2 is 2.07 bits per heavy atom. The summed E-state index contributed by atoms with van der Waals surface area (Å²) in [6.45, 7) is 1.37. The molecule has 0 heterocycles. The van der Waals surface area contributed by atoms with Crippen LogP contribution in [0.25, 0.3) is 0 Å². The van der Waals surface area contributed by atoms with Crippen LogP contribution in [0.3, 0.4) is 0 Å². The minimum Gasteiger partial charge on any atom is -0.427 e. The van der Waals surface area contributed by atoms with Crippen LogP contribution in [0, 0.1) is 0 Å². The summed E-state index contributed by atoms with van der Waals surface area (Å²) < 4.78 is 4.87. The first kappa shape index (κ1) is 10.2.